The summed E-state index contributed by atoms with van der Waals surface area (Å²) < 4.78 is 5.63. The van der Waals surface area contributed by atoms with Crippen LogP contribution in [0.2, 0.25) is 0 Å². The van der Waals surface area contributed by atoms with Crippen molar-refractivity contribution < 1.29 is 14.3 Å². The number of carbonyl (C=O) groups is 1. The summed E-state index contributed by atoms with van der Waals surface area (Å²) in [6, 6.07) is 1.72. The second-order valence-corrected chi connectivity index (χ2v) is 4.13. The summed E-state index contributed by atoms with van der Waals surface area (Å²) in [6.07, 6.45) is 5.38. The van der Waals surface area contributed by atoms with Gasteiger partial charge in [0.1, 0.15) is 17.1 Å². The smallest absolute Gasteiger partial charge is 0.339 e. The van der Waals surface area contributed by atoms with E-state index in [0.29, 0.717) is 23.7 Å². The van der Waals surface area contributed by atoms with Crippen molar-refractivity contribution in [2.24, 2.45) is 0 Å². The molecule has 0 atom stereocenters. The van der Waals surface area contributed by atoms with E-state index in [9.17, 15) is 4.79 Å². The van der Waals surface area contributed by atoms with E-state index in [2.05, 4.69) is 0 Å². The van der Waals surface area contributed by atoms with Crippen molar-refractivity contribution in [3.63, 3.8) is 0 Å². The summed E-state index contributed by atoms with van der Waals surface area (Å²) in [6.45, 7) is 1.92. The monoisotopic (exact) mass is 208 g/mol. The fraction of sp³-hybridized carbons (Fsp3) is 0.583. The van der Waals surface area contributed by atoms with Crippen LogP contribution < -0.4 is 0 Å². The first-order valence-electron chi connectivity index (χ1n) is 5.58. The third kappa shape index (κ3) is 1.91. The van der Waals surface area contributed by atoms with Crippen LogP contribution in [0, 0.1) is 0 Å². The lowest BCUT2D eigenvalue weighted by atomic mass is 10.0. The van der Waals surface area contributed by atoms with Crippen LogP contribution >= 0.6 is 0 Å². The summed E-state index contributed by atoms with van der Waals surface area (Å²) >= 11 is 0. The molecule has 1 aromatic rings. The molecular formula is C12H16O3. The molecule has 1 N–H and O–H groups in total. The van der Waals surface area contributed by atoms with Crippen LogP contribution in [0.1, 0.15) is 60.4 Å². The maximum absolute atomic E-state index is 10.9. The maximum atomic E-state index is 10.9. The SMILES string of the molecule is CCc1oc(C2CCCC2)cc1C(=O)O. The molecule has 0 radical (unpaired) electrons. The van der Waals surface area contributed by atoms with Crippen molar-refractivity contribution in [1.82, 2.24) is 0 Å². The third-order valence-corrected chi connectivity index (χ3v) is 3.14. The molecule has 1 saturated carbocycles. The lowest BCUT2D eigenvalue weighted by Gasteiger charge is -2.03. The van der Waals surface area contributed by atoms with E-state index < -0.39 is 5.97 Å². The summed E-state index contributed by atoms with van der Waals surface area (Å²) in [5, 5.41) is 8.99. The molecule has 1 aliphatic carbocycles. The Morgan fingerprint density at radius 3 is 2.67 bits per heavy atom. The molecule has 0 amide bonds. The minimum absolute atomic E-state index is 0.347. The van der Waals surface area contributed by atoms with Gasteiger partial charge in [-0.15, -0.1) is 0 Å². The molecule has 0 aromatic carbocycles. The van der Waals surface area contributed by atoms with Crippen LogP contribution in [0.3, 0.4) is 0 Å². The number of carboxylic acids is 1. The van der Waals surface area contributed by atoms with Crippen LogP contribution in [0.15, 0.2) is 10.5 Å². The van der Waals surface area contributed by atoms with Crippen molar-refractivity contribution >= 4 is 5.97 Å². The van der Waals surface area contributed by atoms with Gasteiger partial charge in [-0.3, -0.25) is 0 Å². The topological polar surface area (TPSA) is 50.4 Å². The van der Waals surface area contributed by atoms with Gasteiger partial charge in [-0.05, 0) is 18.9 Å². The predicted molar refractivity (Wildman–Crippen MR) is 56.3 cm³/mol. The zero-order chi connectivity index (χ0) is 10.8. The lowest BCUT2D eigenvalue weighted by Crippen LogP contribution is -1.97. The zero-order valence-electron chi connectivity index (χ0n) is 8.95. The van der Waals surface area contributed by atoms with Gasteiger partial charge < -0.3 is 9.52 Å². The zero-order valence-corrected chi connectivity index (χ0v) is 8.95. The Morgan fingerprint density at radius 1 is 1.53 bits per heavy atom. The van der Waals surface area contributed by atoms with Gasteiger partial charge in [0.25, 0.3) is 0 Å². The molecule has 0 spiro atoms. The van der Waals surface area contributed by atoms with E-state index in [4.69, 9.17) is 9.52 Å². The van der Waals surface area contributed by atoms with E-state index in [-0.39, 0.29) is 0 Å². The molecule has 2 rings (SSSR count). The van der Waals surface area contributed by atoms with E-state index in [0.717, 1.165) is 18.6 Å². The molecule has 1 aromatic heterocycles. The lowest BCUT2D eigenvalue weighted by molar-refractivity contribution is 0.0694. The van der Waals surface area contributed by atoms with Gasteiger partial charge in [0, 0.05) is 12.3 Å². The van der Waals surface area contributed by atoms with Gasteiger partial charge in [0.2, 0.25) is 0 Å². The Bertz CT molecular complexity index is 359. The molecule has 1 heterocycles. The molecule has 0 bridgehead atoms. The number of aryl methyl sites for hydroxylation is 1. The Labute approximate surface area is 89.1 Å². The molecule has 1 aliphatic rings. The van der Waals surface area contributed by atoms with E-state index in [1.807, 2.05) is 6.92 Å². The quantitative estimate of drug-likeness (QED) is 0.829. The Kier molecular flexibility index (Phi) is 2.80. The van der Waals surface area contributed by atoms with Crippen molar-refractivity contribution in [2.75, 3.05) is 0 Å². The second-order valence-electron chi connectivity index (χ2n) is 4.13. The second kappa shape index (κ2) is 4.09. The van der Waals surface area contributed by atoms with Crippen LogP contribution in [-0.2, 0) is 6.42 Å². The maximum Gasteiger partial charge on any atom is 0.339 e. The van der Waals surface area contributed by atoms with Gasteiger partial charge >= 0.3 is 5.97 Å². The molecule has 3 nitrogen and oxygen atoms in total. The fourth-order valence-corrected chi connectivity index (χ4v) is 2.30. The molecule has 82 valence electrons. The number of hydrogen-bond acceptors (Lipinski definition) is 2. The van der Waals surface area contributed by atoms with Crippen molar-refractivity contribution in [2.45, 2.75) is 44.9 Å². The molecule has 15 heavy (non-hydrogen) atoms. The van der Waals surface area contributed by atoms with Gasteiger partial charge in [0.15, 0.2) is 0 Å². The van der Waals surface area contributed by atoms with Gasteiger partial charge in [0.05, 0.1) is 0 Å². The summed E-state index contributed by atoms with van der Waals surface area (Å²) in [7, 11) is 0. The van der Waals surface area contributed by atoms with Gasteiger partial charge in [-0.1, -0.05) is 19.8 Å². The largest absolute Gasteiger partial charge is 0.478 e. The van der Waals surface area contributed by atoms with Gasteiger partial charge in [-0.25, -0.2) is 4.79 Å². The molecule has 0 saturated heterocycles. The normalized spacial score (nSPS) is 17.1. The molecule has 1 fully saturated rings. The molecule has 0 unspecified atom stereocenters. The Morgan fingerprint density at radius 2 is 2.20 bits per heavy atom. The number of furan rings is 1. The predicted octanol–water partition coefficient (Wildman–Crippen LogP) is 3.20. The van der Waals surface area contributed by atoms with Crippen LogP contribution in [-0.4, -0.2) is 11.1 Å². The summed E-state index contributed by atoms with van der Waals surface area (Å²) in [5.41, 5.74) is 0.347. The highest BCUT2D eigenvalue weighted by Crippen LogP contribution is 2.36. The number of rotatable bonds is 3. The molecule has 3 heteroatoms. The first-order valence-corrected chi connectivity index (χ1v) is 5.58. The minimum atomic E-state index is -0.875. The highest BCUT2D eigenvalue weighted by atomic mass is 16.4. The first-order chi connectivity index (χ1) is 7.22. The Balaban J connectivity index is 2.29. The minimum Gasteiger partial charge on any atom is -0.478 e. The summed E-state index contributed by atoms with van der Waals surface area (Å²) in [5.74, 6) is 1.06. The Hall–Kier alpha value is -1.25. The van der Waals surface area contributed by atoms with Crippen molar-refractivity contribution in [1.29, 1.82) is 0 Å². The first kappa shape index (κ1) is 10.3. The van der Waals surface area contributed by atoms with Crippen LogP contribution in [0.4, 0.5) is 0 Å². The highest BCUT2D eigenvalue weighted by molar-refractivity contribution is 5.89. The number of carboxylic acid groups (broad SMARTS) is 1. The van der Waals surface area contributed by atoms with Gasteiger partial charge in [-0.2, -0.15) is 0 Å². The molecule has 0 aliphatic heterocycles. The summed E-state index contributed by atoms with van der Waals surface area (Å²) in [4.78, 5) is 10.9. The molecular weight excluding hydrogens is 192 g/mol. The number of aromatic carboxylic acids is 1. The fourth-order valence-electron chi connectivity index (χ4n) is 2.30. The average Bonchev–Trinajstić information content (AvgIpc) is 2.86. The third-order valence-electron chi connectivity index (χ3n) is 3.14. The highest BCUT2D eigenvalue weighted by Gasteiger charge is 2.24. The standard InChI is InChI=1S/C12H16O3/c1-2-10-9(12(13)14)7-11(15-10)8-5-3-4-6-8/h7-8H,2-6H2,1H3,(H,13,14). The van der Waals surface area contributed by atoms with Crippen molar-refractivity contribution in [3.8, 4) is 0 Å². The average molecular weight is 208 g/mol. The van der Waals surface area contributed by atoms with Crippen molar-refractivity contribution in [3.05, 3.63) is 23.2 Å². The van der Waals surface area contributed by atoms with E-state index in [1.165, 1.54) is 12.8 Å². The van der Waals surface area contributed by atoms with E-state index in [1.54, 1.807) is 6.07 Å². The van der Waals surface area contributed by atoms with Crippen LogP contribution in [0.5, 0.6) is 0 Å². The van der Waals surface area contributed by atoms with E-state index >= 15 is 0 Å². The number of hydrogen-bond donors (Lipinski definition) is 1. The van der Waals surface area contributed by atoms with Crippen LogP contribution in [0.25, 0.3) is 0 Å².